The minimum atomic E-state index is -0.746. The highest BCUT2D eigenvalue weighted by molar-refractivity contribution is 5.79. The Labute approximate surface area is 120 Å². The summed E-state index contributed by atoms with van der Waals surface area (Å²) in [6.45, 7) is 5.22. The van der Waals surface area contributed by atoms with Crippen LogP contribution in [-0.4, -0.2) is 59.5 Å². The van der Waals surface area contributed by atoms with Crippen LogP contribution in [0.15, 0.2) is 0 Å². The quantitative estimate of drug-likeness (QED) is 0.853. The van der Waals surface area contributed by atoms with Crippen molar-refractivity contribution in [2.75, 3.05) is 32.7 Å². The molecule has 2 heterocycles. The first-order chi connectivity index (χ1) is 9.51. The predicted octanol–water partition coefficient (Wildman–Crippen LogP) is 1.58. The number of carboxylic acid groups (broad SMARTS) is 1. The molecule has 1 N–H and O–H groups in total. The summed E-state index contributed by atoms with van der Waals surface area (Å²) in [6.07, 6.45) is 6.18. The van der Waals surface area contributed by atoms with Crippen LogP contribution in [0.4, 0.5) is 0 Å². The summed E-state index contributed by atoms with van der Waals surface area (Å²) >= 11 is 0. The maximum absolute atomic E-state index is 12.3. The summed E-state index contributed by atoms with van der Waals surface area (Å²) in [6, 6.07) is 0. The van der Waals surface area contributed by atoms with E-state index >= 15 is 0 Å². The lowest BCUT2D eigenvalue weighted by molar-refractivity contribution is -0.152. The molecule has 0 radical (unpaired) electrons. The van der Waals surface area contributed by atoms with Gasteiger partial charge in [-0.3, -0.25) is 14.5 Å². The molecule has 2 rings (SSSR count). The van der Waals surface area contributed by atoms with Gasteiger partial charge < -0.3 is 10.0 Å². The largest absolute Gasteiger partial charge is 0.481 e. The number of rotatable bonds is 3. The van der Waals surface area contributed by atoms with Crippen LogP contribution in [0.3, 0.4) is 0 Å². The Kier molecular flexibility index (Phi) is 5.02. The van der Waals surface area contributed by atoms with E-state index in [1.807, 2.05) is 9.80 Å². The number of carbonyl (C=O) groups is 2. The fourth-order valence-electron chi connectivity index (χ4n) is 3.27. The van der Waals surface area contributed by atoms with Crippen LogP contribution >= 0.6 is 0 Å². The number of nitrogens with zero attached hydrogens (tertiary/aromatic N) is 2. The van der Waals surface area contributed by atoms with Gasteiger partial charge in [0.25, 0.3) is 0 Å². The van der Waals surface area contributed by atoms with E-state index < -0.39 is 11.4 Å². The molecule has 20 heavy (non-hydrogen) atoms. The van der Waals surface area contributed by atoms with Crippen LogP contribution < -0.4 is 0 Å². The lowest BCUT2D eigenvalue weighted by Crippen LogP contribution is -2.49. The van der Waals surface area contributed by atoms with Gasteiger partial charge >= 0.3 is 5.97 Å². The van der Waals surface area contributed by atoms with Crippen molar-refractivity contribution in [2.24, 2.45) is 5.41 Å². The van der Waals surface area contributed by atoms with E-state index in [0.717, 1.165) is 38.9 Å². The lowest BCUT2D eigenvalue weighted by Gasteiger charge is -2.37. The first-order valence-electron chi connectivity index (χ1n) is 7.75. The third kappa shape index (κ3) is 3.72. The molecule has 0 aromatic heterocycles. The first kappa shape index (κ1) is 15.3. The predicted molar refractivity (Wildman–Crippen MR) is 76.5 cm³/mol. The summed E-state index contributed by atoms with van der Waals surface area (Å²) in [5.41, 5.74) is -0.697. The fraction of sp³-hybridized carbons (Fsp3) is 0.867. The molecule has 1 amide bonds. The number of hydrogen-bond donors (Lipinski definition) is 1. The van der Waals surface area contributed by atoms with Crippen LogP contribution in [0.2, 0.25) is 0 Å². The maximum Gasteiger partial charge on any atom is 0.310 e. The van der Waals surface area contributed by atoms with Crippen molar-refractivity contribution in [3.63, 3.8) is 0 Å². The normalized spacial score (nSPS) is 28.9. The van der Waals surface area contributed by atoms with Crippen LogP contribution in [0.1, 0.15) is 45.4 Å². The molecule has 1 unspecified atom stereocenters. The molecule has 2 aliphatic heterocycles. The van der Waals surface area contributed by atoms with Gasteiger partial charge in [-0.15, -0.1) is 0 Å². The van der Waals surface area contributed by atoms with Gasteiger partial charge in [0.05, 0.1) is 12.0 Å². The van der Waals surface area contributed by atoms with Gasteiger partial charge in [0, 0.05) is 19.6 Å². The van der Waals surface area contributed by atoms with Crippen LogP contribution in [0.5, 0.6) is 0 Å². The minimum absolute atomic E-state index is 0.168. The van der Waals surface area contributed by atoms with E-state index in [2.05, 4.69) is 0 Å². The fourth-order valence-corrected chi connectivity index (χ4v) is 3.27. The van der Waals surface area contributed by atoms with E-state index in [1.165, 1.54) is 12.8 Å². The Morgan fingerprint density at radius 3 is 2.30 bits per heavy atom. The number of piperidine rings is 1. The Morgan fingerprint density at radius 2 is 1.70 bits per heavy atom. The average molecular weight is 282 g/mol. The van der Waals surface area contributed by atoms with Crippen molar-refractivity contribution >= 4 is 11.9 Å². The number of likely N-dealkylation sites (tertiary alicyclic amines) is 2. The molecule has 5 heteroatoms. The van der Waals surface area contributed by atoms with Crippen molar-refractivity contribution in [1.82, 2.24) is 9.80 Å². The molecule has 0 aromatic carbocycles. The summed E-state index contributed by atoms with van der Waals surface area (Å²) in [5, 5.41) is 9.31. The SMILES string of the molecule is CC1(C(=O)O)CCCN(CC(=O)N2CCCCCC2)C1. The molecule has 0 bridgehead atoms. The van der Waals surface area contributed by atoms with Gasteiger partial charge in [-0.25, -0.2) is 0 Å². The maximum atomic E-state index is 12.3. The topological polar surface area (TPSA) is 60.9 Å². The van der Waals surface area contributed by atoms with Crippen LogP contribution in [0.25, 0.3) is 0 Å². The van der Waals surface area contributed by atoms with Crippen molar-refractivity contribution in [1.29, 1.82) is 0 Å². The molecule has 2 fully saturated rings. The van der Waals surface area contributed by atoms with E-state index in [9.17, 15) is 14.7 Å². The highest BCUT2D eigenvalue weighted by Crippen LogP contribution is 2.29. The number of carboxylic acids is 1. The molecule has 0 spiro atoms. The standard InChI is InChI=1S/C15H26N2O3/c1-15(14(19)20)7-6-8-16(12-15)11-13(18)17-9-4-2-3-5-10-17/h2-12H2,1H3,(H,19,20). The molecule has 2 saturated heterocycles. The van der Waals surface area contributed by atoms with Crippen LogP contribution in [0, 0.1) is 5.41 Å². The van der Waals surface area contributed by atoms with Crippen LogP contribution in [-0.2, 0) is 9.59 Å². The monoisotopic (exact) mass is 282 g/mol. The third-order valence-electron chi connectivity index (χ3n) is 4.61. The van der Waals surface area contributed by atoms with Gasteiger partial charge in [0.2, 0.25) is 5.91 Å². The summed E-state index contributed by atoms with van der Waals surface area (Å²) in [4.78, 5) is 27.6. The summed E-state index contributed by atoms with van der Waals surface area (Å²) in [7, 11) is 0. The van der Waals surface area contributed by atoms with E-state index in [-0.39, 0.29) is 5.91 Å². The zero-order valence-corrected chi connectivity index (χ0v) is 12.4. The average Bonchev–Trinajstić information content (AvgIpc) is 2.67. The zero-order chi connectivity index (χ0) is 14.6. The molecule has 2 aliphatic rings. The third-order valence-corrected chi connectivity index (χ3v) is 4.61. The second kappa shape index (κ2) is 6.57. The smallest absolute Gasteiger partial charge is 0.310 e. The van der Waals surface area contributed by atoms with Crippen molar-refractivity contribution < 1.29 is 14.7 Å². The van der Waals surface area contributed by atoms with Crippen molar-refractivity contribution in [3.8, 4) is 0 Å². The Bertz CT molecular complexity index is 364. The van der Waals surface area contributed by atoms with Gasteiger partial charge in [0.15, 0.2) is 0 Å². The van der Waals surface area contributed by atoms with Crippen molar-refractivity contribution in [2.45, 2.75) is 45.4 Å². The number of aliphatic carboxylic acids is 1. The highest BCUT2D eigenvalue weighted by atomic mass is 16.4. The zero-order valence-electron chi connectivity index (χ0n) is 12.4. The molecule has 0 aromatic rings. The van der Waals surface area contributed by atoms with E-state index in [1.54, 1.807) is 6.92 Å². The second-order valence-electron chi connectivity index (χ2n) is 6.48. The van der Waals surface area contributed by atoms with Gasteiger partial charge in [-0.05, 0) is 39.2 Å². The van der Waals surface area contributed by atoms with Gasteiger partial charge in [-0.2, -0.15) is 0 Å². The molecule has 0 aliphatic carbocycles. The number of carbonyl (C=O) groups excluding carboxylic acids is 1. The molecule has 114 valence electrons. The molecule has 1 atom stereocenters. The Morgan fingerprint density at radius 1 is 1.05 bits per heavy atom. The summed E-state index contributed by atoms with van der Waals surface area (Å²) < 4.78 is 0. The molecule has 5 nitrogen and oxygen atoms in total. The molecule has 0 saturated carbocycles. The number of amides is 1. The van der Waals surface area contributed by atoms with E-state index in [4.69, 9.17) is 0 Å². The lowest BCUT2D eigenvalue weighted by atomic mass is 9.82. The van der Waals surface area contributed by atoms with Gasteiger partial charge in [0.1, 0.15) is 0 Å². The van der Waals surface area contributed by atoms with E-state index in [0.29, 0.717) is 19.5 Å². The molecular formula is C15H26N2O3. The van der Waals surface area contributed by atoms with Crippen molar-refractivity contribution in [3.05, 3.63) is 0 Å². The summed E-state index contributed by atoms with van der Waals surface area (Å²) in [5.74, 6) is -0.578. The highest BCUT2D eigenvalue weighted by Gasteiger charge is 2.38. The second-order valence-corrected chi connectivity index (χ2v) is 6.48. The van der Waals surface area contributed by atoms with Gasteiger partial charge in [-0.1, -0.05) is 12.8 Å². The number of hydrogen-bond acceptors (Lipinski definition) is 3. The molecular weight excluding hydrogens is 256 g/mol. The minimum Gasteiger partial charge on any atom is -0.481 e. The Balaban J connectivity index is 1.88. The first-order valence-corrected chi connectivity index (χ1v) is 7.75. The Hall–Kier alpha value is -1.10.